The van der Waals surface area contributed by atoms with E-state index in [1.54, 1.807) is 31.4 Å². The fourth-order valence-corrected chi connectivity index (χ4v) is 4.75. The zero-order valence-corrected chi connectivity index (χ0v) is 15.6. The third-order valence-electron chi connectivity index (χ3n) is 4.78. The number of rotatable bonds is 5. The van der Waals surface area contributed by atoms with Crippen LogP contribution in [0.15, 0.2) is 47.4 Å². The van der Waals surface area contributed by atoms with Gasteiger partial charge in [0, 0.05) is 17.3 Å². The Kier molecular flexibility index (Phi) is 5.01. The lowest BCUT2D eigenvalue weighted by Gasteiger charge is -2.31. The van der Waals surface area contributed by atoms with Crippen LogP contribution < -0.4 is 9.46 Å². The minimum Gasteiger partial charge on any atom is -0.496 e. The molecule has 0 saturated heterocycles. The number of ether oxygens (including phenoxy) is 1. The maximum atomic E-state index is 12.9. The number of hydrogen-bond donors (Lipinski definition) is 1. The molecule has 3 rings (SSSR count). The molecule has 25 heavy (non-hydrogen) atoms. The van der Waals surface area contributed by atoms with Gasteiger partial charge in [-0.25, -0.2) is 8.42 Å². The molecule has 1 N–H and O–H groups in total. The van der Waals surface area contributed by atoms with Crippen molar-refractivity contribution < 1.29 is 13.2 Å². The van der Waals surface area contributed by atoms with Gasteiger partial charge in [-0.15, -0.1) is 0 Å². The molecule has 0 bridgehead atoms. The smallest absolute Gasteiger partial charge is 0.262 e. The van der Waals surface area contributed by atoms with E-state index in [2.05, 4.69) is 23.7 Å². The number of likely N-dealkylation sites (N-methyl/N-ethyl adjacent to an activating group) is 1. The maximum Gasteiger partial charge on any atom is 0.262 e. The molecule has 2 aromatic carbocycles. The number of nitrogens with zero attached hydrogens (tertiary/aromatic N) is 1. The molecule has 0 heterocycles. The van der Waals surface area contributed by atoms with Gasteiger partial charge in [0.2, 0.25) is 0 Å². The monoisotopic (exact) mass is 360 g/mol. The lowest BCUT2D eigenvalue weighted by molar-refractivity contribution is 0.263. The Labute approximate surface area is 149 Å². The molecule has 0 spiro atoms. The topological polar surface area (TPSA) is 58.6 Å². The van der Waals surface area contributed by atoms with Crippen molar-refractivity contribution in [1.82, 2.24) is 4.90 Å². The summed E-state index contributed by atoms with van der Waals surface area (Å²) >= 11 is 0. The zero-order chi connectivity index (χ0) is 18.0. The van der Waals surface area contributed by atoms with Gasteiger partial charge in [0.1, 0.15) is 5.75 Å². The van der Waals surface area contributed by atoms with Gasteiger partial charge >= 0.3 is 0 Å². The first-order valence-electron chi connectivity index (χ1n) is 8.35. The fourth-order valence-electron chi connectivity index (χ4n) is 3.40. The third kappa shape index (κ3) is 3.65. The van der Waals surface area contributed by atoms with Crippen LogP contribution in [0.2, 0.25) is 0 Å². The second-order valence-corrected chi connectivity index (χ2v) is 8.21. The number of sulfonamides is 1. The number of fused-ring (bicyclic) bond motifs is 1. The summed E-state index contributed by atoms with van der Waals surface area (Å²) in [6.45, 7) is 0. The van der Waals surface area contributed by atoms with E-state index < -0.39 is 10.0 Å². The van der Waals surface area contributed by atoms with Crippen LogP contribution in [0.5, 0.6) is 5.75 Å². The molecule has 134 valence electrons. The molecule has 0 radical (unpaired) electrons. The van der Waals surface area contributed by atoms with Gasteiger partial charge in [-0.2, -0.15) is 0 Å². The number of anilines is 1. The number of hydrogen-bond acceptors (Lipinski definition) is 4. The van der Waals surface area contributed by atoms with Crippen molar-refractivity contribution in [2.24, 2.45) is 0 Å². The molecule has 0 aromatic heterocycles. The molecule has 5 nitrogen and oxygen atoms in total. The van der Waals surface area contributed by atoms with E-state index in [0.29, 0.717) is 16.6 Å². The molecule has 1 aliphatic carbocycles. The van der Waals surface area contributed by atoms with Crippen molar-refractivity contribution in [2.75, 3.05) is 25.9 Å². The van der Waals surface area contributed by atoms with E-state index in [0.717, 1.165) is 36.1 Å². The minimum atomic E-state index is -3.64. The summed E-state index contributed by atoms with van der Waals surface area (Å²) in [5.41, 5.74) is 2.44. The summed E-state index contributed by atoms with van der Waals surface area (Å²) in [6.07, 6.45) is 2.45. The van der Waals surface area contributed by atoms with Gasteiger partial charge in [0.05, 0.1) is 12.0 Å². The van der Waals surface area contributed by atoms with Crippen LogP contribution in [-0.4, -0.2) is 40.6 Å². The van der Waals surface area contributed by atoms with Gasteiger partial charge in [-0.3, -0.25) is 4.72 Å². The quantitative estimate of drug-likeness (QED) is 0.891. The molecule has 1 aliphatic rings. The van der Waals surface area contributed by atoms with Gasteiger partial charge < -0.3 is 9.64 Å². The van der Waals surface area contributed by atoms with Crippen LogP contribution >= 0.6 is 0 Å². The maximum absolute atomic E-state index is 12.9. The number of benzene rings is 2. The Morgan fingerprint density at radius 1 is 1.08 bits per heavy atom. The first-order valence-corrected chi connectivity index (χ1v) is 9.83. The Morgan fingerprint density at radius 3 is 2.44 bits per heavy atom. The van der Waals surface area contributed by atoms with Crippen molar-refractivity contribution in [3.8, 4) is 5.75 Å². The first kappa shape index (κ1) is 17.8. The van der Waals surface area contributed by atoms with Crippen molar-refractivity contribution in [1.29, 1.82) is 0 Å². The van der Waals surface area contributed by atoms with E-state index in [9.17, 15) is 8.42 Å². The van der Waals surface area contributed by atoms with E-state index in [1.165, 1.54) is 0 Å². The molecule has 0 fully saturated rings. The zero-order valence-electron chi connectivity index (χ0n) is 14.8. The fraction of sp³-hybridized carbons (Fsp3) is 0.368. The van der Waals surface area contributed by atoms with Crippen LogP contribution in [0.4, 0.5) is 5.69 Å². The number of nitrogens with one attached hydrogen (secondary N) is 1. The van der Waals surface area contributed by atoms with E-state index in [-0.39, 0.29) is 0 Å². The highest BCUT2D eigenvalue weighted by molar-refractivity contribution is 7.92. The average Bonchev–Trinajstić information content (AvgIpc) is 2.60. The summed E-state index contributed by atoms with van der Waals surface area (Å²) in [5, 5.41) is 0. The predicted octanol–water partition coefficient (Wildman–Crippen LogP) is 2.91. The van der Waals surface area contributed by atoms with Crippen LogP contribution in [0.3, 0.4) is 0 Å². The first-order chi connectivity index (χ1) is 11.9. The Bertz CT molecular complexity index is 848. The van der Waals surface area contributed by atoms with Crippen molar-refractivity contribution in [3.05, 3.63) is 53.6 Å². The van der Waals surface area contributed by atoms with Crippen LogP contribution in [0, 0.1) is 0 Å². The van der Waals surface area contributed by atoms with Gasteiger partial charge in [0.25, 0.3) is 10.0 Å². The molecular formula is C19H24N2O3S. The summed E-state index contributed by atoms with van der Waals surface area (Å²) in [4.78, 5) is 2.54. The normalized spacial score (nSPS) is 17.2. The highest BCUT2D eigenvalue weighted by Crippen LogP contribution is 2.35. The number of para-hydroxylation sites is 1. The molecule has 1 unspecified atom stereocenters. The third-order valence-corrected chi connectivity index (χ3v) is 6.24. The van der Waals surface area contributed by atoms with Crippen molar-refractivity contribution in [2.45, 2.75) is 30.2 Å². The van der Waals surface area contributed by atoms with Crippen LogP contribution in [0.1, 0.15) is 17.5 Å². The van der Waals surface area contributed by atoms with Gasteiger partial charge in [0.15, 0.2) is 0 Å². The molecule has 0 saturated carbocycles. The summed E-state index contributed by atoms with van der Waals surface area (Å²) < 4.78 is 34.0. The summed E-state index contributed by atoms with van der Waals surface area (Å²) in [7, 11) is 2.10. The summed E-state index contributed by atoms with van der Waals surface area (Å²) in [6, 6.07) is 12.8. The van der Waals surface area contributed by atoms with Crippen molar-refractivity contribution in [3.63, 3.8) is 0 Å². The molecule has 1 atom stereocenters. The lowest BCUT2D eigenvalue weighted by Crippen LogP contribution is -2.34. The molecule has 0 aliphatic heterocycles. The largest absolute Gasteiger partial charge is 0.496 e. The van der Waals surface area contributed by atoms with E-state index >= 15 is 0 Å². The summed E-state index contributed by atoms with van der Waals surface area (Å²) in [5.74, 6) is 0.764. The van der Waals surface area contributed by atoms with Gasteiger partial charge in [-0.1, -0.05) is 18.2 Å². The van der Waals surface area contributed by atoms with E-state index in [4.69, 9.17) is 4.74 Å². The lowest BCUT2D eigenvalue weighted by atomic mass is 9.87. The van der Waals surface area contributed by atoms with Crippen LogP contribution in [0.25, 0.3) is 0 Å². The molecule has 6 heteroatoms. The SMILES string of the molecule is COc1ccc(S(=O)(=O)Nc2ccccc2)c2c1CC(N(C)C)CC2. The standard InChI is InChI=1S/C19H24N2O3S/c1-21(2)15-9-10-16-17(13-15)18(24-3)11-12-19(16)25(22,23)20-14-7-5-4-6-8-14/h4-8,11-12,15,20H,9-10,13H2,1-3H3. The Hall–Kier alpha value is -2.05. The second-order valence-electron chi connectivity index (χ2n) is 6.55. The minimum absolute atomic E-state index is 0.351. The number of methoxy groups -OCH3 is 1. The average molecular weight is 360 g/mol. The predicted molar refractivity (Wildman–Crippen MR) is 99.7 cm³/mol. The van der Waals surface area contributed by atoms with Crippen LogP contribution in [-0.2, 0) is 22.9 Å². The Morgan fingerprint density at radius 2 is 1.80 bits per heavy atom. The molecule has 0 amide bonds. The molecule has 2 aromatic rings. The molecular weight excluding hydrogens is 336 g/mol. The highest BCUT2D eigenvalue weighted by atomic mass is 32.2. The second kappa shape index (κ2) is 7.06. The van der Waals surface area contributed by atoms with Crippen molar-refractivity contribution >= 4 is 15.7 Å². The van der Waals surface area contributed by atoms with E-state index in [1.807, 2.05) is 18.2 Å². The highest BCUT2D eigenvalue weighted by Gasteiger charge is 2.29. The van der Waals surface area contributed by atoms with Gasteiger partial charge in [-0.05, 0) is 63.2 Å². The Balaban J connectivity index is 2.02.